The zero-order valence-electron chi connectivity index (χ0n) is 24.4. The van der Waals surface area contributed by atoms with Gasteiger partial charge in [-0.15, -0.1) is 13.2 Å². The third kappa shape index (κ3) is 6.07. The van der Waals surface area contributed by atoms with Crippen LogP contribution in [0.25, 0.3) is 11.5 Å². The monoisotopic (exact) mass is 591 g/mol. The van der Waals surface area contributed by atoms with E-state index in [1.54, 1.807) is 38.3 Å². The van der Waals surface area contributed by atoms with Gasteiger partial charge in [0.15, 0.2) is 17.2 Å². The van der Waals surface area contributed by atoms with Crippen LogP contribution in [-0.2, 0) is 16.8 Å². The number of aromatic amines is 1. The fraction of sp³-hybridized carbons (Fsp3) is 0.265. The highest BCUT2D eigenvalue weighted by molar-refractivity contribution is 6.31. The number of hydrogen-bond donors (Lipinski definition) is 1. The van der Waals surface area contributed by atoms with E-state index < -0.39 is 28.1 Å². The van der Waals surface area contributed by atoms with Crippen molar-refractivity contribution in [1.29, 1.82) is 0 Å². The first-order valence-electron chi connectivity index (χ1n) is 13.5. The number of H-pyrrole nitrogens is 1. The van der Waals surface area contributed by atoms with Gasteiger partial charge in [0.1, 0.15) is 17.1 Å². The molecule has 3 rings (SSSR count). The van der Waals surface area contributed by atoms with Gasteiger partial charge in [0.2, 0.25) is 5.75 Å². The van der Waals surface area contributed by atoms with E-state index in [0.29, 0.717) is 17.7 Å². The van der Waals surface area contributed by atoms with Crippen molar-refractivity contribution in [3.05, 3.63) is 131 Å². The molecule has 2 aromatic heterocycles. The number of nitrogens with one attached hydrogen (secondary N) is 1. The van der Waals surface area contributed by atoms with E-state index in [-0.39, 0.29) is 39.8 Å². The summed E-state index contributed by atoms with van der Waals surface area (Å²) < 4.78 is 38.3. The number of alkyl halides is 2. The molecule has 0 saturated heterocycles. The van der Waals surface area contributed by atoms with Crippen molar-refractivity contribution in [1.82, 2.24) is 15.0 Å². The van der Waals surface area contributed by atoms with Crippen molar-refractivity contribution in [3.8, 4) is 23.0 Å². The Morgan fingerprint density at radius 3 is 2.45 bits per heavy atom. The van der Waals surface area contributed by atoms with Crippen LogP contribution < -0.4 is 10.3 Å². The maximum Gasteiger partial charge on any atom is 0.294 e. The van der Waals surface area contributed by atoms with Crippen LogP contribution in [0.4, 0.5) is 8.78 Å². The zero-order valence-corrected chi connectivity index (χ0v) is 25.2. The van der Waals surface area contributed by atoms with Crippen molar-refractivity contribution in [2.24, 2.45) is 0 Å². The van der Waals surface area contributed by atoms with Crippen molar-refractivity contribution in [2.75, 3.05) is 0 Å². The molecule has 0 bridgehead atoms. The van der Waals surface area contributed by atoms with Gasteiger partial charge in [-0.05, 0) is 68.2 Å². The Kier molecular flexibility index (Phi) is 9.90. The molecule has 1 aromatic carbocycles. The minimum atomic E-state index is -2.39. The van der Waals surface area contributed by atoms with E-state index in [2.05, 4.69) is 41.3 Å². The Hall–Kier alpha value is -4.10. The lowest BCUT2D eigenvalue weighted by atomic mass is 9.78. The summed E-state index contributed by atoms with van der Waals surface area (Å²) in [6.45, 7) is 22.0. The summed E-state index contributed by atoms with van der Waals surface area (Å²) in [6.07, 6.45) is 9.56. The summed E-state index contributed by atoms with van der Waals surface area (Å²) in [6, 6.07) is 7.87. The van der Waals surface area contributed by atoms with Crippen LogP contribution in [-0.4, -0.2) is 15.0 Å². The molecule has 0 fully saturated rings. The molecule has 0 aliphatic carbocycles. The highest BCUT2D eigenvalue weighted by Gasteiger charge is 2.38. The molecular formula is C34H36ClF2N3O2. The second kappa shape index (κ2) is 12.8. The van der Waals surface area contributed by atoms with Crippen LogP contribution >= 0.6 is 11.6 Å². The van der Waals surface area contributed by atoms with Crippen molar-refractivity contribution in [3.63, 3.8) is 0 Å². The molecule has 0 amide bonds. The van der Waals surface area contributed by atoms with Gasteiger partial charge in [-0.2, -0.15) is 0 Å². The predicted octanol–water partition coefficient (Wildman–Crippen LogP) is 9.38. The fourth-order valence-corrected chi connectivity index (χ4v) is 4.95. The average molecular weight is 592 g/mol. The quantitative estimate of drug-likeness (QED) is 0.201. The van der Waals surface area contributed by atoms with Crippen LogP contribution in [0.15, 0.2) is 104 Å². The Balaban J connectivity index is 2.35. The Morgan fingerprint density at radius 2 is 1.88 bits per heavy atom. The summed E-state index contributed by atoms with van der Waals surface area (Å²) >= 11 is 6.31. The Labute approximate surface area is 251 Å². The third-order valence-corrected chi connectivity index (χ3v) is 7.68. The molecule has 8 heteroatoms. The normalized spacial score (nSPS) is 15.7. The van der Waals surface area contributed by atoms with Gasteiger partial charge < -0.3 is 9.72 Å². The lowest BCUT2D eigenvalue weighted by molar-refractivity contribution is 0.226. The molecule has 42 heavy (non-hydrogen) atoms. The molecule has 0 radical (unpaired) electrons. The molecule has 3 atom stereocenters. The van der Waals surface area contributed by atoms with Gasteiger partial charge >= 0.3 is 0 Å². The second-order valence-electron chi connectivity index (χ2n) is 10.3. The van der Waals surface area contributed by atoms with Crippen molar-refractivity contribution >= 4 is 11.6 Å². The van der Waals surface area contributed by atoms with E-state index >= 15 is 8.78 Å². The number of nitrogens with zero attached hydrogens (tertiary/aromatic N) is 2. The van der Waals surface area contributed by atoms with Crippen molar-refractivity contribution in [2.45, 2.75) is 57.3 Å². The van der Waals surface area contributed by atoms with Gasteiger partial charge in [0.25, 0.3) is 5.56 Å². The van der Waals surface area contributed by atoms with Gasteiger partial charge in [0, 0.05) is 22.2 Å². The number of allylic oxidation sites excluding steroid dienone is 6. The first-order valence-corrected chi connectivity index (χ1v) is 13.9. The maximum atomic E-state index is 16.8. The summed E-state index contributed by atoms with van der Waals surface area (Å²) in [5.74, 6) is -0.341. The van der Waals surface area contributed by atoms with Crippen LogP contribution in [0.2, 0.25) is 5.02 Å². The molecule has 3 aromatic rings. The summed E-state index contributed by atoms with van der Waals surface area (Å²) in [7, 11) is 0. The number of halogens is 3. The number of benzene rings is 1. The molecule has 2 heterocycles. The molecule has 220 valence electrons. The Bertz CT molecular complexity index is 1610. The van der Waals surface area contributed by atoms with Gasteiger partial charge in [-0.25, -0.2) is 13.8 Å². The predicted molar refractivity (Wildman–Crippen MR) is 168 cm³/mol. The molecule has 0 aliphatic rings. The van der Waals surface area contributed by atoms with Crippen LogP contribution in [0.5, 0.6) is 11.5 Å². The molecule has 0 spiro atoms. The Morgan fingerprint density at radius 1 is 1.17 bits per heavy atom. The first kappa shape index (κ1) is 32.4. The topological polar surface area (TPSA) is 67.9 Å². The maximum absolute atomic E-state index is 16.8. The molecular weight excluding hydrogens is 556 g/mol. The van der Waals surface area contributed by atoms with Gasteiger partial charge in [0.05, 0.1) is 0 Å². The fourth-order valence-electron chi connectivity index (χ4n) is 4.68. The molecule has 0 aliphatic heterocycles. The van der Waals surface area contributed by atoms with Gasteiger partial charge in [-0.3, -0.25) is 9.78 Å². The second-order valence-corrected chi connectivity index (χ2v) is 10.7. The number of rotatable bonds is 13. The lowest BCUT2D eigenvalue weighted by Gasteiger charge is -2.28. The van der Waals surface area contributed by atoms with E-state index in [9.17, 15) is 4.79 Å². The minimum absolute atomic E-state index is 0.0278. The molecule has 5 nitrogen and oxygen atoms in total. The number of aromatic nitrogens is 3. The summed E-state index contributed by atoms with van der Waals surface area (Å²) in [5, 5.41) is 0.150. The van der Waals surface area contributed by atoms with Crippen LogP contribution in [0.3, 0.4) is 0 Å². The standard InChI is InChI=1S/C34H36ClF2N3O2/c1-9-18-32(8,11-3)24-15-14-20-38-27(24)30-39-29(34(37,19-10-2)22(6)7)28(31(41)40-30)42-23-16-17-26(35)25(21-23)33(36,12-4)13-5/h9-12,14-17,19-21H,1,3-4,6,13,18H2,2,5,7-8H3,(H,39,40,41). The highest BCUT2D eigenvalue weighted by Crippen LogP contribution is 2.42. The third-order valence-electron chi connectivity index (χ3n) is 7.35. The number of pyridine rings is 1. The summed E-state index contributed by atoms with van der Waals surface area (Å²) in [4.78, 5) is 25.5. The first-order chi connectivity index (χ1) is 19.8. The molecule has 1 N–H and O–H groups in total. The van der Waals surface area contributed by atoms with Gasteiger partial charge in [-0.1, -0.05) is 69.0 Å². The number of hydrogen-bond acceptors (Lipinski definition) is 4. The van der Waals surface area contributed by atoms with E-state index in [4.69, 9.17) is 16.3 Å². The summed E-state index contributed by atoms with van der Waals surface area (Å²) in [5.41, 5.74) is -4.85. The molecule has 3 unspecified atom stereocenters. The zero-order chi connectivity index (χ0) is 31.3. The number of ether oxygens (including phenoxy) is 1. The molecule has 0 saturated carbocycles. The van der Waals surface area contributed by atoms with E-state index in [0.717, 1.165) is 6.08 Å². The smallest absolute Gasteiger partial charge is 0.294 e. The van der Waals surface area contributed by atoms with Crippen LogP contribution in [0.1, 0.15) is 57.4 Å². The van der Waals surface area contributed by atoms with E-state index in [1.807, 2.05) is 13.0 Å². The average Bonchev–Trinajstić information content (AvgIpc) is 2.98. The van der Waals surface area contributed by atoms with E-state index in [1.165, 1.54) is 37.3 Å². The highest BCUT2D eigenvalue weighted by atomic mass is 35.5. The lowest BCUT2D eigenvalue weighted by Crippen LogP contribution is -2.27. The largest absolute Gasteiger partial charge is 0.449 e. The van der Waals surface area contributed by atoms with Crippen molar-refractivity contribution < 1.29 is 13.5 Å². The SMILES string of the molecule is C=CCC(C)(C=C)c1cccnc1-c1nc(C(F)(C=CC)C(=C)C)c(Oc2ccc(Cl)c(C(F)(C=C)CC)c2)c(=O)[nH]1. The minimum Gasteiger partial charge on any atom is -0.449 e. The van der Waals surface area contributed by atoms with Crippen LogP contribution in [0, 0.1) is 0 Å².